The van der Waals surface area contributed by atoms with Crippen molar-refractivity contribution in [3.63, 3.8) is 0 Å². The highest BCUT2D eigenvalue weighted by atomic mass is 14.1. The fraction of sp³-hybridized carbons (Fsp3) is 0.750. The molecule has 0 amide bonds. The van der Waals surface area contributed by atoms with E-state index in [4.69, 9.17) is 0 Å². The van der Waals surface area contributed by atoms with E-state index in [-0.39, 0.29) is 0 Å². The van der Waals surface area contributed by atoms with Crippen molar-refractivity contribution in [2.45, 2.75) is 77.0 Å². The Morgan fingerprint density at radius 1 is 0.688 bits per heavy atom. The van der Waals surface area contributed by atoms with Crippen LogP contribution in [-0.4, -0.2) is 0 Å². The standard InChI is InChI=1S/C16H26/c1(3-9-15-11-5-6-12-15)2-4-10-16-13-7-8-14-16/h11,13H,1-10,12,14H2. The molecule has 0 unspecified atom stereocenters. The molecule has 0 radical (unpaired) electrons. The third kappa shape index (κ3) is 4.15. The average Bonchev–Trinajstić information content (AvgIpc) is 2.96. The van der Waals surface area contributed by atoms with Crippen molar-refractivity contribution in [1.82, 2.24) is 0 Å². The second-order valence-corrected chi connectivity index (χ2v) is 5.42. The molecule has 0 heterocycles. The van der Waals surface area contributed by atoms with Crippen LogP contribution in [0.1, 0.15) is 77.0 Å². The van der Waals surface area contributed by atoms with Crippen molar-refractivity contribution >= 4 is 0 Å². The zero-order valence-corrected chi connectivity index (χ0v) is 10.6. The summed E-state index contributed by atoms with van der Waals surface area (Å²) < 4.78 is 0. The smallest absolute Gasteiger partial charge is 0.0317 e. The molecule has 0 aromatic rings. The third-order valence-corrected chi connectivity index (χ3v) is 4.02. The van der Waals surface area contributed by atoms with Crippen LogP contribution in [0, 0.1) is 0 Å². The first kappa shape index (κ1) is 12.0. The Labute approximate surface area is 101 Å². The third-order valence-electron chi connectivity index (χ3n) is 4.02. The van der Waals surface area contributed by atoms with Crippen LogP contribution >= 0.6 is 0 Å². The number of rotatable bonds is 7. The molecule has 0 atom stereocenters. The lowest BCUT2D eigenvalue weighted by Gasteiger charge is -2.03. The van der Waals surface area contributed by atoms with Gasteiger partial charge >= 0.3 is 0 Å². The Bertz CT molecular complexity index is 229. The average molecular weight is 218 g/mol. The predicted molar refractivity (Wildman–Crippen MR) is 71.6 cm³/mol. The van der Waals surface area contributed by atoms with Crippen LogP contribution in [0.4, 0.5) is 0 Å². The second kappa shape index (κ2) is 6.93. The Hall–Kier alpha value is -0.520. The van der Waals surface area contributed by atoms with E-state index < -0.39 is 0 Å². The molecule has 0 saturated heterocycles. The molecule has 2 rings (SSSR count). The van der Waals surface area contributed by atoms with Crippen LogP contribution in [0.3, 0.4) is 0 Å². The van der Waals surface area contributed by atoms with Gasteiger partial charge in [0, 0.05) is 0 Å². The minimum Gasteiger partial charge on any atom is -0.0853 e. The molecule has 16 heavy (non-hydrogen) atoms. The maximum atomic E-state index is 2.48. The van der Waals surface area contributed by atoms with Gasteiger partial charge in [-0.1, -0.05) is 36.1 Å². The SMILES string of the molecule is C1=C(CCCCCCC2=CCCC2)CCC1. The van der Waals surface area contributed by atoms with Crippen LogP contribution < -0.4 is 0 Å². The highest BCUT2D eigenvalue weighted by molar-refractivity contribution is 5.07. The highest BCUT2D eigenvalue weighted by Crippen LogP contribution is 2.25. The number of unbranched alkanes of at least 4 members (excludes halogenated alkanes) is 3. The lowest BCUT2D eigenvalue weighted by atomic mass is 10.0. The minimum absolute atomic E-state index is 1.35. The summed E-state index contributed by atoms with van der Waals surface area (Å²) in [5.74, 6) is 0. The molecule has 90 valence electrons. The van der Waals surface area contributed by atoms with Gasteiger partial charge in [-0.2, -0.15) is 0 Å². The Morgan fingerprint density at radius 3 is 1.56 bits per heavy atom. The molecule has 2 aliphatic rings. The van der Waals surface area contributed by atoms with Gasteiger partial charge in [0.05, 0.1) is 0 Å². The van der Waals surface area contributed by atoms with E-state index in [1.165, 1.54) is 77.0 Å². The molecule has 0 N–H and O–H groups in total. The molecule has 0 heteroatoms. The van der Waals surface area contributed by atoms with Crippen molar-refractivity contribution in [3.05, 3.63) is 23.3 Å². The molecule has 0 aromatic heterocycles. The van der Waals surface area contributed by atoms with Gasteiger partial charge in [-0.15, -0.1) is 0 Å². The second-order valence-electron chi connectivity index (χ2n) is 5.42. The van der Waals surface area contributed by atoms with E-state index in [1.807, 2.05) is 0 Å². The summed E-state index contributed by atoms with van der Waals surface area (Å²) in [5.41, 5.74) is 3.50. The molecule has 0 spiro atoms. The van der Waals surface area contributed by atoms with Gasteiger partial charge in [-0.05, 0) is 64.2 Å². The molecular weight excluding hydrogens is 192 g/mol. The summed E-state index contributed by atoms with van der Waals surface area (Å²) in [6.07, 6.45) is 21.8. The van der Waals surface area contributed by atoms with Gasteiger partial charge in [-0.25, -0.2) is 0 Å². The van der Waals surface area contributed by atoms with E-state index in [0.717, 1.165) is 0 Å². The molecule has 2 aliphatic carbocycles. The van der Waals surface area contributed by atoms with Crippen LogP contribution in [0.15, 0.2) is 23.3 Å². The van der Waals surface area contributed by atoms with E-state index in [1.54, 1.807) is 11.1 Å². The zero-order chi connectivity index (χ0) is 11.1. The van der Waals surface area contributed by atoms with Crippen LogP contribution in [0.2, 0.25) is 0 Å². The maximum absolute atomic E-state index is 2.48. The van der Waals surface area contributed by atoms with Crippen LogP contribution in [0.5, 0.6) is 0 Å². The Morgan fingerprint density at radius 2 is 1.19 bits per heavy atom. The molecule has 0 aliphatic heterocycles. The van der Waals surface area contributed by atoms with Gasteiger partial charge < -0.3 is 0 Å². The van der Waals surface area contributed by atoms with Gasteiger partial charge in [0.1, 0.15) is 0 Å². The molecule has 0 fully saturated rings. The number of hydrogen-bond acceptors (Lipinski definition) is 0. The van der Waals surface area contributed by atoms with Crippen LogP contribution in [-0.2, 0) is 0 Å². The maximum Gasteiger partial charge on any atom is -0.0317 e. The Balaban J connectivity index is 1.43. The highest BCUT2D eigenvalue weighted by Gasteiger charge is 2.05. The molecule has 0 aromatic carbocycles. The molecule has 0 nitrogen and oxygen atoms in total. The van der Waals surface area contributed by atoms with Crippen LogP contribution in [0.25, 0.3) is 0 Å². The lowest BCUT2D eigenvalue weighted by Crippen LogP contribution is -1.84. The molecule has 0 bridgehead atoms. The summed E-state index contributed by atoms with van der Waals surface area (Å²) in [6, 6.07) is 0. The largest absolute Gasteiger partial charge is 0.0853 e. The van der Waals surface area contributed by atoms with Gasteiger partial charge in [-0.3, -0.25) is 0 Å². The van der Waals surface area contributed by atoms with Crippen molar-refractivity contribution < 1.29 is 0 Å². The van der Waals surface area contributed by atoms with Crippen molar-refractivity contribution in [1.29, 1.82) is 0 Å². The summed E-state index contributed by atoms with van der Waals surface area (Å²) in [7, 11) is 0. The monoisotopic (exact) mass is 218 g/mol. The van der Waals surface area contributed by atoms with Gasteiger partial charge in [0.2, 0.25) is 0 Å². The summed E-state index contributed by atoms with van der Waals surface area (Å²) >= 11 is 0. The van der Waals surface area contributed by atoms with Crippen molar-refractivity contribution in [2.24, 2.45) is 0 Å². The molecule has 0 saturated carbocycles. The fourth-order valence-electron chi connectivity index (χ4n) is 2.99. The van der Waals surface area contributed by atoms with E-state index in [9.17, 15) is 0 Å². The number of allylic oxidation sites excluding steroid dienone is 4. The summed E-state index contributed by atoms with van der Waals surface area (Å²) in [4.78, 5) is 0. The first-order chi connectivity index (χ1) is 7.95. The van der Waals surface area contributed by atoms with Crippen molar-refractivity contribution in [2.75, 3.05) is 0 Å². The predicted octanol–water partition coefficient (Wildman–Crippen LogP) is 5.55. The first-order valence-corrected chi connectivity index (χ1v) is 7.31. The lowest BCUT2D eigenvalue weighted by molar-refractivity contribution is 0.628. The van der Waals surface area contributed by atoms with Gasteiger partial charge in [0.15, 0.2) is 0 Å². The normalized spacial score (nSPS) is 20.0. The van der Waals surface area contributed by atoms with E-state index >= 15 is 0 Å². The van der Waals surface area contributed by atoms with E-state index in [0.29, 0.717) is 0 Å². The first-order valence-electron chi connectivity index (χ1n) is 7.31. The van der Waals surface area contributed by atoms with E-state index in [2.05, 4.69) is 12.2 Å². The topological polar surface area (TPSA) is 0 Å². The van der Waals surface area contributed by atoms with Gasteiger partial charge in [0.25, 0.3) is 0 Å². The quantitative estimate of drug-likeness (QED) is 0.388. The summed E-state index contributed by atoms with van der Waals surface area (Å²) in [6.45, 7) is 0. The fourth-order valence-corrected chi connectivity index (χ4v) is 2.99. The summed E-state index contributed by atoms with van der Waals surface area (Å²) in [5, 5.41) is 0. The Kier molecular flexibility index (Phi) is 5.18. The van der Waals surface area contributed by atoms with Crippen molar-refractivity contribution in [3.8, 4) is 0 Å². The number of hydrogen-bond donors (Lipinski definition) is 0. The zero-order valence-electron chi connectivity index (χ0n) is 10.6. The molecular formula is C16H26. The minimum atomic E-state index is 1.35.